The normalized spacial score (nSPS) is 14.6. The van der Waals surface area contributed by atoms with Crippen molar-refractivity contribution >= 4 is 29.1 Å². The van der Waals surface area contributed by atoms with Crippen molar-refractivity contribution in [2.45, 2.75) is 26.4 Å². The molecule has 0 aliphatic carbocycles. The van der Waals surface area contributed by atoms with Crippen molar-refractivity contribution in [3.63, 3.8) is 0 Å². The number of ether oxygens (including phenoxy) is 1. The lowest BCUT2D eigenvalue weighted by Crippen LogP contribution is -2.42. The summed E-state index contributed by atoms with van der Waals surface area (Å²) in [5.74, 6) is 0.899. The molecule has 0 aromatic heterocycles. The molecule has 0 atom stereocenters. The van der Waals surface area contributed by atoms with Gasteiger partial charge >= 0.3 is 12.1 Å². The first-order valence-corrected chi connectivity index (χ1v) is 7.04. The number of hydrogen-bond acceptors (Lipinski definition) is 5. The molecule has 1 rings (SSSR count). The average Bonchev–Trinajstić information content (AvgIpc) is 2.74. The molecule has 8 heteroatoms. The number of aliphatic imine (C=N–C) groups is 1. The number of urea groups is 1. The average molecular weight is 288 g/mol. The van der Waals surface area contributed by atoms with Crippen molar-refractivity contribution in [1.82, 2.24) is 16.0 Å². The van der Waals surface area contributed by atoms with Gasteiger partial charge in [0.2, 0.25) is 0 Å². The highest BCUT2D eigenvalue weighted by atomic mass is 32.2. The molecule has 3 amide bonds. The summed E-state index contributed by atoms with van der Waals surface area (Å²) in [6, 6.07) is -0.320. The fourth-order valence-electron chi connectivity index (χ4n) is 1.21. The van der Waals surface area contributed by atoms with Crippen LogP contribution < -0.4 is 16.0 Å². The maximum Gasteiger partial charge on any atom is 0.407 e. The predicted octanol–water partition coefficient (Wildman–Crippen LogP) is 0.913. The van der Waals surface area contributed by atoms with E-state index >= 15 is 0 Å². The maximum atomic E-state index is 11.4. The monoisotopic (exact) mass is 288 g/mol. The van der Waals surface area contributed by atoms with Gasteiger partial charge in [-0.2, -0.15) is 0 Å². The molecule has 0 spiro atoms. The first kappa shape index (κ1) is 15.6. The minimum absolute atomic E-state index is 0.307. The molecule has 0 unspecified atom stereocenters. The third-order valence-corrected chi connectivity index (χ3v) is 2.78. The second-order valence-electron chi connectivity index (χ2n) is 4.84. The summed E-state index contributed by atoms with van der Waals surface area (Å²) in [5.41, 5.74) is -0.521. The fourth-order valence-corrected chi connectivity index (χ4v) is 1.93. The summed E-state index contributed by atoms with van der Waals surface area (Å²) >= 11 is 1.51. The summed E-state index contributed by atoms with van der Waals surface area (Å²) in [5, 5.41) is 8.42. The Morgan fingerprint density at radius 1 is 1.32 bits per heavy atom. The van der Waals surface area contributed by atoms with Crippen molar-refractivity contribution in [3.05, 3.63) is 0 Å². The van der Waals surface area contributed by atoms with Gasteiger partial charge in [0.25, 0.3) is 0 Å². The molecule has 3 N–H and O–H groups in total. The molecular formula is C11H20N4O3S. The SMILES string of the molecule is CC(C)(C)OC(=O)NCCNC(=O)NC1=NCCS1. The number of thioether (sulfide) groups is 1. The first-order chi connectivity index (χ1) is 8.87. The van der Waals surface area contributed by atoms with Crippen LogP contribution in [0.1, 0.15) is 20.8 Å². The van der Waals surface area contributed by atoms with Crippen LogP contribution in [-0.4, -0.2) is 48.3 Å². The van der Waals surface area contributed by atoms with E-state index in [-0.39, 0.29) is 6.03 Å². The summed E-state index contributed by atoms with van der Waals surface area (Å²) < 4.78 is 5.05. The Kier molecular flexibility index (Phi) is 5.94. The Bertz CT molecular complexity index is 365. The van der Waals surface area contributed by atoms with E-state index in [2.05, 4.69) is 20.9 Å². The van der Waals surface area contributed by atoms with Crippen LogP contribution in [0.4, 0.5) is 9.59 Å². The summed E-state index contributed by atoms with van der Waals surface area (Å²) in [6.07, 6.45) is -0.495. The van der Waals surface area contributed by atoms with E-state index in [0.29, 0.717) is 18.3 Å². The van der Waals surface area contributed by atoms with Gasteiger partial charge in [-0.1, -0.05) is 11.8 Å². The second-order valence-corrected chi connectivity index (χ2v) is 5.93. The molecule has 1 heterocycles. The highest BCUT2D eigenvalue weighted by Crippen LogP contribution is 2.08. The van der Waals surface area contributed by atoms with Crippen LogP contribution >= 0.6 is 11.8 Å². The zero-order chi connectivity index (χ0) is 14.3. The smallest absolute Gasteiger partial charge is 0.407 e. The standard InChI is InChI=1S/C11H20N4O3S/c1-11(2,3)18-10(17)14-5-4-12-8(16)15-9-13-6-7-19-9/h4-7H2,1-3H3,(H,14,17)(H2,12,13,15,16). The molecule has 0 saturated carbocycles. The number of nitrogens with zero attached hydrogens (tertiary/aromatic N) is 1. The number of hydrogen-bond donors (Lipinski definition) is 3. The van der Waals surface area contributed by atoms with Crippen LogP contribution in [0.3, 0.4) is 0 Å². The molecule has 0 radical (unpaired) electrons. The van der Waals surface area contributed by atoms with Crippen molar-refractivity contribution in [2.75, 3.05) is 25.4 Å². The number of nitrogens with one attached hydrogen (secondary N) is 3. The Labute approximate surface area is 116 Å². The van der Waals surface area contributed by atoms with Crippen LogP contribution in [0, 0.1) is 0 Å². The zero-order valence-corrected chi connectivity index (χ0v) is 12.2. The number of rotatable bonds is 3. The van der Waals surface area contributed by atoms with Crippen LogP contribution in [0.5, 0.6) is 0 Å². The minimum atomic E-state index is -0.521. The number of carbonyl (C=O) groups excluding carboxylic acids is 2. The third kappa shape index (κ3) is 7.55. The molecule has 0 saturated heterocycles. The highest BCUT2D eigenvalue weighted by molar-refractivity contribution is 8.14. The van der Waals surface area contributed by atoms with Crippen molar-refractivity contribution < 1.29 is 14.3 Å². The molecule has 1 aliphatic heterocycles. The molecule has 0 aromatic rings. The lowest BCUT2D eigenvalue weighted by molar-refractivity contribution is 0.0528. The molecule has 19 heavy (non-hydrogen) atoms. The topological polar surface area (TPSA) is 91.8 Å². The van der Waals surface area contributed by atoms with E-state index in [1.165, 1.54) is 11.8 Å². The molecule has 0 bridgehead atoms. The van der Waals surface area contributed by atoms with E-state index in [4.69, 9.17) is 4.74 Å². The number of amidine groups is 1. The van der Waals surface area contributed by atoms with Gasteiger partial charge in [-0.15, -0.1) is 0 Å². The van der Waals surface area contributed by atoms with Gasteiger partial charge < -0.3 is 15.4 Å². The lowest BCUT2D eigenvalue weighted by Gasteiger charge is -2.19. The Morgan fingerprint density at radius 3 is 2.58 bits per heavy atom. The molecule has 0 fully saturated rings. The van der Waals surface area contributed by atoms with Gasteiger partial charge in [-0.25, -0.2) is 9.59 Å². The quantitative estimate of drug-likeness (QED) is 0.673. The number of amides is 3. The van der Waals surface area contributed by atoms with E-state index < -0.39 is 11.7 Å². The summed E-state index contributed by atoms with van der Waals surface area (Å²) in [7, 11) is 0. The minimum Gasteiger partial charge on any atom is -0.444 e. The van der Waals surface area contributed by atoms with Crippen LogP contribution in [0.25, 0.3) is 0 Å². The van der Waals surface area contributed by atoms with Crippen molar-refractivity contribution in [2.24, 2.45) is 4.99 Å². The van der Waals surface area contributed by atoms with Crippen LogP contribution in [-0.2, 0) is 4.74 Å². The number of carbonyl (C=O) groups is 2. The van der Waals surface area contributed by atoms with Crippen molar-refractivity contribution in [1.29, 1.82) is 0 Å². The van der Waals surface area contributed by atoms with Gasteiger partial charge in [0.1, 0.15) is 5.60 Å². The highest BCUT2D eigenvalue weighted by Gasteiger charge is 2.15. The Morgan fingerprint density at radius 2 is 2.00 bits per heavy atom. The molecule has 7 nitrogen and oxygen atoms in total. The van der Waals surface area contributed by atoms with E-state index in [1.807, 2.05) is 0 Å². The first-order valence-electron chi connectivity index (χ1n) is 6.06. The third-order valence-electron chi connectivity index (χ3n) is 1.88. The van der Waals surface area contributed by atoms with Gasteiger partial charge in [0.05, 0.1) is 6.54 Å². The Hall–Kier alpha value is -1.44. The Balaban J connectivity index is 2.07. The number of alkyl carbamates (subject to hydrolysis) is 1. The maximum absolute atomic E-state index is 11.4. The zero-order valence-electron chi connectivity index (χ0n) is 11.4. The van der Waals surface area contributed by atoms with Gasteiger partial charge in [0.15, 0.2) is 5.17 Å². The summed E-state index contributed by atoms with van der Waals surface area (Å²) in [6.45, 7) is 6.74. The fraction of sp³-hybridized carbons (Fsp3) is 0.727. The van der Waals surface area contributed by atoms with E-state index in [1.54, 1.807) is 20.8 Å². The van der Waals surface area contributed by atoms with E-state index in [0.717, 1.165) is 12.3 Å². The van der Waals surface area contributed by atoms with Crippen LogP contribution in [0.15, 0.2) is 4.99 Å². The lowest BCUT2D eigenvalue weighted by atomic mass is 10.2. The summed E-state index contributed by atoms with van der Waals surface area (Å²) in [4.78, 5) is 26.8. The van der Waals surface area contributed by atoms with Gasteiger partial charge in [-0.3, -0.25) is 10.3 Å². The molecule has 1 aliphatic rings. The largest absolute Gasteiger partial charge is 0.444 e. The predicted molar refractivity (Wildman–Crippen MR) is 75.5 cm³/mol. The van der Waals surface area contributed by atoms with Crippen LogP contribution in [0.2, 0.25) is 0 Å². The molecule has 0 aromatic carbocycles. The molecule has 108 valence electrons. The molecular weight excluding hydrogens is 268 g/mol. The van der Waals surface area contributed by atoms with Gasteiger partial charge in [-0.05, 0) is 20.8 Å². The second kappa shape index (κ2) is 7.22. The van der Waals surface area contributed by atoms with Gasteiger partial charge in [0, 0.05) is 18.8 Å². The van der Waals surface area contributed by atoms with E-state index in [9.17, 15) is 9.59 Å². The van der Waals surface area contributed by atoms with Crippen molar-refractivity contribution in [3.8, 4) is 0 Å².